The average Bonchev–Trinajstić information content (AvgIpc) is 2.69. The molecule has 1 atom stereocenters. The van der Waals surface area contributed by atoms with E-state index in [0.29, 0.717) is 24.1 Å². The number of nitrogens with zero attached hydrogens (tertiary/aromatic N) is 6. The number of halogens is 1. The van der Waals surface area contributed by atoms with Gasteiger partial charge in [0.2, 0.25) is 0 Å². The van der Waals surface area contributed by atoms with E-state index in [1.165, 1.54) is 0 Å². The summed E-state index contributed by atoms with van der Waals surface area (Å²) in [7, 11) is 1.95. The van der Waals surface area contributed by atoms with Gasteiger partial charge in [0.05, 0.1) is 42.5 Å². The molecule has 0 amide bonds. The zero-order valence-corrected chi connectivity index (χ0v) is 17.0. The number of nitriles is 1. The molecule has 2 aromatic heterocycles. The highest BCUT2D eigenvalue weighted by Crippen LogP contribution is 2.25. The molecule has 7 heteroatoms. The van der Waals surface area contributed by atoms with Gasteiger partial charge in [0.25, 0.3) is 0 Å². The smallest absolute Gasteiger partial charge is 0.159 e. The number of hydrogen-bond donors (Lipinski definition) is 0. The van der Waals surface area contributed by atoms with E-state index >= 15 is 0 Å². The van der Waals surface area contributed by atoms with Crippen LogP contribution in [0.2, 0.25) is 0 Å². The molecule has 0 N–H and O–H groups in total. The first kappa shape index (κ1) is 19.1. The molecular weight excluding hydrogens is 367 g/mol. The van der Waals surface area contributed by atoms with E-state index in [9.17, 15) is 9.65 Å². The van der Waals surface area contributed by atoms with Gasteiger partial charge < -0.3 is 9.47 Å². The second-order valence-corrected chi connectivity index (χ2v) is 7.54. The van der Waals surface area contributed by atoms with Crippen LogP contribution in [0.4, 0.5) is 10.2 Å². The highest BCUT2D eigenvalue weighted by atomic mass is 19.1. The van der Waals surface area contributed by atoms with Crippen LogP contribution in [0, 0.1) is 25.2 Å². The third-order valence-electron chi connectivity index (χ3n) is 5.65. The van der Waals surface area contributed by atoms with Gasteiger partial charge in [-0.25, -0.2) is 14.4 Å². The number of rotatable bonds is 3. The number of fused-ring (bicyclic) bond motifs is 1. The van der Waals surface area contributed by atoms with Crippen molar-refractivity contribution in [1.29, 1.82) is 5.26 Å². The Morgan fingerprint density at radius 2 is 2.07 bits per heavy atom. The number of anilines is 1. The molecule has 1 saturated heterocycles. The summed E-state index contributed by atoms with van der Waals surface area (Å²) in [6, 6.07) is 9.70. The molecule has 6 nitrogen and oxygen atoms in total. The number of pyridine rings is 1. The molecule has 29 heavy (non-hydrogen) atoms. The molecule has 0 spiro atoms. The molecule has 148 valence electrons. The average molecular weight is 390 g/mol. The maximum atomic E-state index is 13.3. The quantitative estimate of drug-likeness (QED) is 0.688. The summed E-state index contributed by atoms with van der Waals surface area (Å²) in [6.45, 7) is 6.62. The van der Waals surface area contributed by atoms with Crippen LogP contribution < -0.4 is 10.4 Å². The van der Waals surface area contributed by atoms with Crippen LogP contribution >= 0.6 is 0 Å². The number of aromatic nitrogens is 3. The van der Waals surface area contributed by atoms with Crippen molar-refractivity contribution < 1.29 is 4.39 Å². The fraction of sp³-hybridized carbons (Fsp3) is 0.364. The molecule has 3 aromatic rings. The second kappa shape index (κ2) is 7.28. The van der Waals surface area contributed by atoms with Crippen molar-refractivity contribution in [1.82, 2.24) is 14.5 Å². The summed E-state index contributed by atoms with van der Waals surface area (Å²) in [6.07, 6.45) is 1.01. The number of alkyl halides is 1. The first-order valence-electron chi connectivity index (χ1n) is 9.65. The molecule has 1 aromatic carbocycles. The predicted molar refractivity (Wildman–Crippen MR) is 110 cm³/mol. The summed E-state index contributed by atoms with van der Waals surface area (Å²) in [5.41, 5.74) is 4.15. The minimum absolute atomic E-state index is 0.165. The first-order chi connectivity index (χ1) is 13.9. The van der Waals surface area contributed by atoms with Crippen molar-refractivity contribution in [3.05, 3.63) is 58.5 Å². The first-order valence-corrected chi connectivity index (χ1v) is 9.65. The Morgan fingerprint density at radius 1 is 1.31 bits per heavy atom. The number of hydrogen-bond acceptors (Lipinski definition) is 5. The zero-order chi connectivity index (χ0) is 20.7. The van der Waals surface area contributed by atoms with Crippen LogP contribution in [0.3, 0.4) is 0 Å². The van der Waals surface area contributed by atoms with Crippen molar-refractivity contribution in [3.8, 4) is 6.07 Å². The van der Waals surface area contributed by atoms with E-state index in [4.69, 9.17) is 9.98 Å². The molecule has 0 saturated carbocycles. The molecule has 0 aliphatic carbocycles. The SMILES string of the molecule is Cc1c(C#N)cccc1[C@@H](C)/N=c1\nc(C)n(C)c2cnc(N3CC(F)C3)cc12. The van der Waals surface area contributed by atoms with Gasteiger partial charge in [-0.3, -0.25) is 4.99 Å². The van der Waals surface area contributed by atoms with Gasteiger partial charge in [-0.1, -0.05) is 12.1 Å². The Bertz CT molecular complexity index is 1200. The molecule has 1 aliphatic heterocycles. The van der Waals surface area contributed by atoms with Gasteiger partial charge in [0.1, 0.15) is 17.8 Å². The van der Waals surface area contributed by atoms with Crippen molar-refractivity contribution in [2.24, 2.45) is 12.0 Å². The van der Waals surface area contributed by atoms with Crippen molar-refractivity contribution >= 4 is 16.7 Å². The Labute approximate surface area is 169 Å². The lowest BCUT2D eigenvalue weighted by Gasteiger charge is -2.35. The van der Waals surface area contributed by atoms with E-state index < -0.39 is 6.17 Å². The van der Waals surface area contributed by atoms with Crippen LogP contribution in [0.5, 0.6) is 0 Å². The summed E-state index contributed by atoms with van der Waals surface area (Å²) in [5, 5.41) is 10.2. The maximum absolute atomic E-state index is 13.3. The summed E-state index contributed by atoms with van der Waals surface area (Å²) in [4.78, 5) is 16.0. The Balaban J connectivity index is 1.87. The van der Waals surface area contributed by atoms with Crippen molar-refractivity contribution in [3.63, 3.8) is 0 Å². The van der Waals surface area contributed by atoms with Crippen molar-refractivity contribution in [2.75, 3.05) is 18.0 Å². The lowest BCUT2D eigenvalue weighted by atomic mass is 9.98. The summed E-state index contributed by atoms with van der Waals surface area (Å²) in [5.74, 6) is 1.57. The highest BCUT2D eigenvalue weighted by Gasteiger charge is 2.27. The van der Waals surface area contributed by atoms with E-state index in [2.05, 4.69) is 11.1 Å². The van der Waals surface area contributed by atoms with Crippen LogP contribution in [-0.2, 0) is 7.05 Å². The lowest BCUT2D eigenvalue weighted by molar-refractivity contribution is 0.273. The molecular formula is C22H23FN6. The fourth-order valence-electron chi connectivity index (χ4n) is 3.71. The predicted octanol–water partition coefficient (Wildman–Crippen LogP) is 3.28. The highest BCUT2D eigenvalue weighted by molar-refractivity contribution is 5.80. The minimum atomic E-state index is -0.792. The van der Waals surface area contributed by atoms with Gasteiger partial charge >= 0.3 is 0 Å². The van der Waals surface area contributed by atoms with Gasteiger partial charge in [0.15, 0.2) is 5.49 Å². The topological polar surface area (TPSA) is 70.1 Å². The minimum Gasteiger partial charge on any atom is -0.351 e. The van der Waals surface area contributed by atoms with E-state index in [0.717, 1.165) is 33.7 Å². The molecule has 1 aliphatic rings. The fourth-order valence-corrected chi connectivity index (χ4v) is 3.71. The largest absolute Gasteiger partial charge is 0.351 e. The molecule has 4 rings (SSSR count). The molecule has 1 fully saturated rings. The standard InChI is InChI=1S/C22H23FN6/c1-13-16(9-24)6-5-7-18(13)14(2)26-22-19-8-21(29-11-17(23)12-29)25-10-20(19)28(4)15(3)27-22/h5-8,10,14,17H,11-12H2,1-4H3/b26-22-/t14-/m1/s1. The Kier molecular flexibility index (Phi) is 4.79. The van der Waals surface area contributed by atoms with Crippen LogP contribution in [0.25, 0.3) is 10.9 Å². The normalized spacial score (nSPS) is 16.0. The third kappa shape index (κ3) is 3.35. The van der Waals surface area contributed by atoms with Crippen LogP contribution in [-0.4, -0.2) is 33.8 Å². The number of aryl methyl sites for hydroxylation is 2. The van der Waals surface area contributed by atoms with E-state index in [-0.39, 0.29) is 6.04 Å². The number of benzene rings is 1. The molecule has 3 heterocycles. The maximum Gasteiger partial charge on any atom is 0.159 e. The molecule has 0 radical (unpaired) electrons. The van der Waals surface area contributed by atoms with E-state index in [1.54, 1.807) is 6.20 Å². The van der Waals surface area contributed by atoms with Gasteiger partial charge in [-0.05, 0) is 44.0 Å². The van der Waals surface area contributed by atoms with Gasteiger partial charge in [-0.2, -0.15) is 5.26 Å². The van der Waals surface area contributed by atoms with Crippen molar-refractivity contribution in [2.45, 2.75) is 33.0 Å². The second-order valence-electron chi connectivity index (χ2n) is 7.54. The Hall–Kier alpha value is -3.27. The molecule has 0 unspecified atom stereocenters. The summed E-state index contributed by atoms with van der Waals surface area (Å²) >= 11 is 0. The summed E-state index contributed by atoms with van der Waals surface area (Å²) < 4.78 is 15.3. The zero-order valence-electron chi connectivity index (χ0n) is 17.0. The van der Waals surface area contributed by atoms with Gasteiger partial charge in [0, 0.05) is 12.4 Å². The van der Waals surface area contributed by atoms with Crippen LogP contribution in [0.1, 0.15) is 35.5 Å². The Morgan fingerprint density at radius 3 is 2.76 bits per heavy atom. The van der Waals surface area contributed by atoms with Crippen LogP contribution in [0.15, 0.2) is 35.5 Å². The lowest BCUT2D eigenvalue weighted by Crippen LogP contribution is -2.48. The van der Waals surface area contributed by atoms with E-state index in [1.807, 2.05) is 61.6 Å². The molecule has 0 bridgehead atoms. The third-order valence-corrected chi connectivity index (χ3v) is 5.65. The van der Waals surface area contributed by atoms with Gasteiger partial charge in [-0.15, -0.1) is 0 Å². The monoisotopic (exact) mass is 390 g/mol.